The van der Waals surface area contributed by atoms with Crippen LogP contribution in [0.25, 0.3) is 0 Å². The van der Waals surface area contributed by atoms with Crippen LogP contribution < -0.4 is 14.2 Å². The molecule has 0 saturated carbocycles. The van der Waals surface area contributed by atoms with Crippen LogP contribution in [0, 0.1) is 5.92 Å². The van der Waals surface area contributed by atoms with Gasteiger partial charge in [0, 0.05) is 5.92 Å². The molecule has 12 nitrogen and oxygen atoms in total. The van der Waals surface area contributed by atoms with Gasteiger partial charge in [-0.05, 0) is 41.8 Å². The molecule has 7 N–H and O–H groups in total. The fourth-order valence-electron chi connectivity index (χ4n) is 4.92. The van der Waals surface area contributed by atoms with E-state index in [9.17, 15) is 35.7 Å². The highest BCUT2D eigenvalue weighted by molar-refractivity contribution is 5.45. The molecule has 4 rings (SSSR count). The molecule has 0 spiro atoms. The number of hydrogen-bond acceptors (Lipinski definition) is 12. The lowest BCUT2D eigenvalue weighted by molar-refractivity contribution is -0.277. The van der Waals surface area contributed by atoms with E-state index in [-0.39, 0.29) is 29.6 Å². The Balaban J connectivity index is 1.51. The second-order valence-corrected chi connectivity index (χ2v) is 9.50. The van der Waals surface area contributed by atoms with Gasteiger partial charge in [-0.25, -0.2) is 0 Å². The normalized spacial score (nSPS) is 33.2. The topological polar surface area (TPSA) is 188 Å². The number of aliphatic hydroxyl groups excluding tert-OH is 5. The molecule has 2 aliphatic heterocycles. The van der Waals surface area contributed by atoms with E-state index in [1.807, 2.05) is 0 Å². The molecule has 2 aromatic rings. The van der Waals surface area contributed by atoms with E-state index in [4.69, 9.17) is 23.7 Å². The fourth-order valence-corrected chi connectivity index (χ4v) is 4.92. The third kappa shape index (κ3) is 5.26. The number of rotatable bonds is 9. The predicted octanol–water partition coefficient (Wildman–Crippen LogP) is -0.758. The molecule has 2 saturated heterocycles. The van der Waals surface area contributed by atoms with Crippen molar-refractivity contribution in [2.75, 3.05) is 34.0 Å². The van der Waals surface area contributed by atoms with Crippen molar-refractivity contribution in [3.63, 3.8) is 0 Å². The van der Waals surface area contributed by atoms with Crippen molar-refractivity contribution in [2.45, 2.75) is 48.8 Å². The molecular weight excluding hydrogens is 504 g/mol. The van der Waals surface area contributed by atoms with Gasteiger partial charge >= 0.3 is 0 Å². The van der Waals surface area contributed by atoms with Gasteiger partial charge in [0.25, 0.3) is 0 Å². The fraction of sp³-hybridized carbons (Fsp3) is 0.538. The molecule has 0 unspecified atom stereocenters. The van der Waals surface area contributed by atoms with E-state index in [1.165, 1.54) is 20.3 Å². The molecule has 0 radical (unpaired) electrons. The number of benzene rings is 2. The highest BCUT2D eigenvalue weighted by Gasteiger charge is 2.51. The first kappa shape index (κ1) is 28.3. The summed E-state index contributed by atoms with van der Waals surface area (Å²) in [6.45, 7) is -1.01. The Morgan fingerprint density at radius 3 is 2.32 bits per heavy atom. The first-order valence-corrected chi connectivity index (χ1v) is 12.1. The minimum absolute atomic E-state index is 0.0588. The summed E-state index contributed by atoms with van der Waals surface area (Å²) >= 11 is 0. The van der Waals surface area contributed by atoms with E-state index < -0.39 is 61.5 Å². The Hall–Kier alpha value is -2.68. The Morgan fingerprint density at radius 1 is 0.921 bits per heavy atom. The van der Waals surface area contributed by atoms with Crippen molar-refractivity contribution in [1.29, 1.82) is 0 Å². The van der Waals surface area contributed by atoms with Gasteiger partial charge in [0.2, 0.25) is 6.29 Å². The smallest absolute Gasteiger partial charge is 0.229 e. The molecule has 0 bridgehead atoms. The molecule has 38 heavy (non-hydrogen) atoms. The summed E-state index contributed by atoms with van der Waals surface area (Å²) in [6, 6.07) is 9.51. The van der Waals surface area contributed by atoms with Crippen LogP contribution in [0.4, 0.5) is 0 Å². The maximum absolute atomic E-state index is 11.4. The van der Waals surface area contributed by atoms with Crippen molar-refractivity contribution in [3.05, 3.63) is 47.5 Å². The highest BCUT2D eigenvalue weighted by Crippen LogP contribution is 2.45. The van der Waals surface area contributed by atoms with Crippen molar-refractivity contribution in [2.24, 2.45) is 5.92 Å². The molecule has 0 aliphatic carbocycles. The number of ether oxygens (including phenoxy) is 5. The predicted molar refractivity (Wildman–Crippen MR) is 130 cm³/mol. The summed E-state index contributed by atoms with van der Waals surface area (Å²) in [5, 5.41) is 71.2. The summed E-state index contributed by atoms with van der Waals surface area (Å²) in [5.41, 5.74) is -0.354. The van der Waals surface area contributed by atoms with Gasteiger partial charge in [0.05, 0.1) is 34.0 Å². The van der Waals surface area contributed by atoms with E-state index in [2.05, 4.69) is 0 Å². The minimum Gasteiger partial charge on any atom is -0.504 e. The maximum Gasteiger partial charge on any atom is 0.229 e. The van der Waals surface area contributed by atoms with Gasteiger partial charge in [-0.3, -0.25) is 0 Å². The first-order chi connectivity index (χ1) is 18.2. The number of methoxy groups -OCH3 is 2. The third-order valence-corrected chi connectivity index (χ3v) is 7.19. The SMILES string of the molecule is COc1cc([C@H]2OC[C@H](Cc3ccc(O[C@@H]4O[C@H](CO)[C@@H](O)[C@H](O)[C@H]4O)c(OC)c3)[C@]2(O)CO)ccc1O. The van der Waals surface area contributed by atoms with Gasteiger partial charge in [-0.2, -0.15) is 0 Å². The summed E-state index contributed by atoms with van der Waals surface area (Å²) in [5.74, 6) is 0.103. The van der Waals surface area contributed by atoms with Crippen LogP contribution in [0.5, 0.6) is 23.0 Å². The second kappa shape index (κ2) is 11.6. The summed E-state index contributed by atoms with van der Waals surface area (Å²) < 4.78 is 27.6. The van der Waals surface area contributed by atoms with Crippen molar-refractivity contribution < 1.29 is 59.4 Å². The molecule has 2 aliphatic rings. The van der Waals surface area contributed by atoms with Gasteiger partial charge in [-0.1, -0.05) is 12.1 Å². The zero-order valence-electron chi connectivity index (χ0n) is 21.0. The molecular formula is C26H34O12. The number of hydrogen-bond donors (Lipinski definition) is 7. The van der Waals surface area contributed by atoms with Crippen LogP contribution in [0.1, 0.15) is 17.2 Å². The molecule has 2 heterocycles. The van der Waals surface area contributed by atoms with Crippen LogP contribution in [0.3, 0.4) is 0 Å². The zero-order valence-corrected chi connectivity index (χ0v) is 21.0. The summed E-state index contributed by atoms with van der Waals surface area (Å²) in [6.07, 6.45) is -7.73. The summed E-state index contributed by atoms with van der Waals surface area (Å²) in [7, 11) is 2.82. The largest absolute Gasteiger partial charge is 0.504 e. The van der Waals surface area contributed by atoms with E-state index in [0.29, 0.717) is 12.0 Å². The summed E-state index contributed by atoms with van der Waals surface area (Å²) in [4.78, 5) is 0. The maximum atomic E-state index is 11.4. The molecule has 12 heteroatoms. The Kier molecular flexibility index (Phi) is 8.65. The van der Waals surface area contributed by atoms with Crippen molar-refractivity contribution >= 4 is 0 Å². The van der Waals surface area contributed by atoms with Crippen LogP contribution in [-0.4, -0.2) is 106 Å². The van der Waals surface area contributed by atoms with Crippen LogP contribution in [0.2, 0.25) is 0 Å². The van der Waals surface area contributed by atoms with Gasteiger partial charge in [0.15, 0.2) is 23.0 Å². The van der Waals surface area contributed by atoms with Crippen LogP contribution >= 0.6 is 0 Å². The average Bonchev–Trinajstić information content (AvgIpc) is 3.25. The minimum atomic E-state index is -1.62. The lowest BCUT2D eigenvalue weighted by Crippen LogP contribution is -2.60. The third-order valence-electron chi connectivity index (χ3n) is 7.19. The van der Waals surface area contributed by atoms with E-state index >= 15 is 0 Å². The van der Waals surface area contributed by atoms with Crippen LogP contribution in [-0.2, 0) is 15.9 Å². The molecule has 210 valence electrons. The Labute approximate surface area is 219 Å². The van der Waals surface area contributed by atoms with Crippen molar-refractivity contribution in [1.82, 2.24) is 0 Å². The Bertz CT molecular complexity index is 1090. The number of phenols is 1. The number of phenolic OH excluding ortho intramolecular Hbond substituents is 1. The average molecular weight is 539 g/mol. The quantitative estimate of drug-likeness (QED) is 0.212. The van der Waals surface area contributed by atoms with Crippen LogP contribution in [0.15, 0.2) is 36.4 Å². The molecule has 8 atom stereocenters. The molecule has 0 amide bonds. The lowest BCUT2D eigenvalue weighted by Gasteiger charge is -2.39. The Morgan fingerprint density at radius 2 is 1.66 bits per heavy atom. The van der Waals surface area contributed by atoms with Gasteiger partial charge < -0.3 is 59.4 Å². The highest BCUT2D eigenvalue weighted by atomic mass is 16.7. The zero-order chi connectivity index (χ0) is 27.6. The molecule has 0 aromatic heterocycles. The monoisotopic (exact) mass is 538 g/mol. The number of aromatic hydroxyl groups is 1. The van der Waals surface area contributed by atoms with Gasteiger partial charge in [0.1, 0.15) is 36.1 Å². The van der Waals surface area contributed by atoms with Gasteiger partial charge in [-0.15, -0.1) is 0 Å². The van der Waals surface area contributed by atoms with Crippen molar-refractivity contribution in [3.8, 4) is 23.0 Å². The standard InChI is InChI=1S/C26H34O12/c1-34-18-9-14(4-5-16(18)29)24-26(33,12-28)15(11-36-24)7-13-3-6-17(19(8-13)35-2)37-25-23(32)22(31)21(30)20(10-27)38-25/h3-6,8-9,15,20-25,27-33H,7,10-12H2,1-2H3/t15-,20+,21+,22-,23+,24+,25+,26+/m0/s1. The number of aliphatic hydroxyl groups is 6. The molecule has 2 aromatic carbocycles. The first-order valence-electron chi connectivity index (χ1n) is 12.1. The van der Waals surface area contributed by atoms with E-state index in [1.54, 1.807) is 30.3 Å². The molecule has 2 fully saturated rings. The second-order valence-electron chi connectivity index (χ2n) is 9.50. The lowest BCUT2D eigenvalue weighted by atomic mass is 9.80. The van der Waals surface area contributed by atoms with E-state index in [0.717, 1.165) is 5.56 Å².